The summed E-state index contributed by atoms with van der Waals surface area (Å²) in [5.41, 5.74) is 3.39. The molecule has 0 saturated carbocycles. The molecule has 0 spiro atoms. The van der Waals surface area contributed by atoms with Gasteiger partial charge in [-0.1, -0.05) is 0 Å². The third-order valence-corrected chi connectivity index (χ3v) is 2.23. The van der Waals surface area contributed by atoms with E-state index < -0.39 is 17.6 Å². The number of esters is 1. The number of rotatable bonds is 2. The van der Waals surface area contributed by atoms with Crippen molar-refractivity contribution in [2.75, 3.05) is 26.7 Å². The fourth-order valence-electron chi connectivity index (χ4n) is 1.41. The van der Waals surface area contributed by atoms with Crippen LogP contribution >= 0.6 is 0 Å². The molecule has 2 unspecified atom stereocenters. The van der Waals surface area contributed by atoms with Crippen molar-refractivity contribution in [3.63, 3.8) is 0 Å². The van der Waals surface area contributed by atoms with Gasteiger partial charge in [-0.3, -0.25) is 0 Å². The molecule has 0 bridgehead atoms. The van der Waals surface area contributed by atoms with Gasteiger partial charge in [-0.25, -0.2) is 9.18 Å². The molecule has 0 aliphatic carbocycles. The third-order valence-electron chi connectivity index (χ3n) is 2.23. The van der Waals surface area contributed by atoms with Crippen molar-refractivity contribution >= 4 is 5.97 Å². The Bertz CT molecular complexity index is 188. The van der Waals surface area contributed by atoms with Gasteiger partial charge in [0, 0.05) is 25.6 Å². The lowest BCUT2D eigenvalue weighted by Crippen LogP contribution is -2.45. The number of carbonyl (C=O) groups excluding carboxylic acids is 1. The van der Waals surface area contributed by atoms with E-state index in [4.69, 9.17) is 5.73 Å². The number of halogens is 1. The van der Waals surface area contributed by atoms with E-state index in [9.17, 15) is 9.18 Å². The van der Waals surface area contributed by atoms with Crippen LogP contribution in [0.4, 0.5) is 4.39 Å². The van der Waals surface area contributed by atoms with Crippen LogP contribution in [-0.4, -0.2) is 38.4 Å². The molecule has 0 aromatic heterocycles. The number of methoxy groups -OCH3 is 1. The van der Waals surface area contributed by atoms with Gasteiger partial charge >= 0.3 is 5.97 Å². The largest absolute Gasteiger partial charge is 0.467 e. The molecule has 1 heterocycles. The molecule has 1 aliphatic heterocycles. The lowest BCUT2D eigenvalue weighted by molar-refractivity contribution is -0.155. The van der Waals surface area contributed by atoms with E-state index in [1.165, 1.54) is 7.11 Å². The van der Waals surface area contributed by atoms with E-state index in [1.807, 2.05) is 0 Å². The highest BCUT2D eigenvalue weighted by molar-refractivity contribution is 5.80. The van der Waals surface area contributed by atoms with Gasteiger partial charge in [0.25, 0.3) is 0 Å². The molecule has 70 valence electrons. The minimum atomic E-state index is -1.93. The van der Waals surface area contributed by atoms with Gasteiger partial charge in [-0.2, -0.15) is 0 Å². The monoisotopic (exact) mass is 176 g/mol. The fourth-order valence-corrected chi connectivity index (χ4v) is 1.41. The molecule has 4 nitrogen and oxygen atoms in total. The van der Waals surface area contributed by atoms with Crippen LogP contribution in [0.2, 0.25) is 0 Å². The van der Waals surface area contributed by atoms with Gasteiger partial charge in [0.1, 0.15) is 0 Å². The van der Waals surface area contributed by atoms with Gasteiger partial charge in [0.2, 0.25) is 5.67 Å². The topological polar surface area (TPSA) is 64.3 Å². The summed E-state index contributed by atoms with van der Waals surface area (Å²) in [4.78, 5) is 11.0. The van der Waals surface area contributed by atoms with Crippen molar-refractivity contribution < 1.29 is 13.9 Å². The molecule has 1 aliphatic rings. The molecular formula is C7H13FN2O2. The maximum Gasteiger partial charge on any atom is 0.345 e. The SMILES string of the molecule is COC(=O)C1(F)CNCC1CN. The van der Waals surface area contributed by atoms with Crippen LogP contribution in [0.1, 0.15) is 0 Å². The van der Waals surface area contributed by atoms with Crippen LogP contribution in [-0.2, 0) is 9.53 Å². The Kier molecular flexibility index (Phi) is 2.64. The quantitative estimate of drug-likeness (QED) is 0.532. The molecule has 2 atom stereocenters. The first-order chi connectivity index (χ1) is 5.65. The number of nitrogens with one attached hydrogen (secondary N) is 1. The number of ether oxygens (including phenoxy) is 1. The Morgan fingerprint density at radius 1 is 1.92 bits per heavy atom. The minimum absolute atomic E-state index is 0.00153. The highest BCUT2D eigenvalue weighted by Gasteiger charge is 2.50. The smallest absolute Gasteiger partial charge is 0.345 e. The average molecular weight is 176 g/mol. The summed E-state index contributed by atoms with van der Waals surface area (Å²) >= 11 is 0. The number of hydrogen-bond acceptors (Lipinski definition) is 4. The molecule has 0 aromatic carbocycles. The summed E-state index contributed by atoms with van der Waals surface area (Å²) in [5, 5.41) is 2.77. The Hall–Kier alpha value is -0.680. The Morgan fingerprint density at radius 2 is 2.58 bits per heavy atom. The van der Waals surface area contributed by atoms with E-state index in [2.05, 4.69) is 10.1 Å². The zero-order valence-corrected chi connectivity index (χ0v) is 6.97. The fraction of sp³-hybridized carbons (Fsp3) is 0.857. The first kappa shape index (κ1) is 9.41. The van der Waals surface area contributed by atoms with Crippen LogP contribution in [0.5, 0.6) is 0 Å². The Morgan fingerprint density at radius 3 is 3.08 bits per heavy atom. The second-order valence-electron chi connectivity index (χ2n) is 2.92. The summed E-state index contributed by atoms with van der Waals surface area (Å²) in [6.45, 7) is 0.586. The first-order valence-electron chi connectivity index (χ1n) is 3.83. The van der Waals surface area contributed by atoms with Crippen molar-refractivity contribution in [3.05, 3.63) is 0 Å². The predicted octanol–water partition coefficient (Wildman–Crippen LogP) is -0.954. The van der Waals surface area contributed by atoms with Crippen LogP contribution < -0.4 is 11.1 Å². The van der Waals surface area contributed by atoms with Crippen molar-refractivity contribution in [2.45, 2.75) is 5.67 Å². The zero-order chi connectivity index (χ0) is 9.19. The molecule has 3 N–H and O–H groups in total. The van der Waals surface area contributed by atoms with Gasteiger partial charge in [0.15, 0.2) is 0 Å². The normalized spacial score (nSPS) is 35.1. The first-order valence-corrected chi connectivity index (χ1v) is 3.83. The van der Waals surface area contributed by atoms with Gasteiger partial charge in [-0.15, -0.1) is 0 Å². The van der Waals surface area contributed by atoms with Crippen LogP contribution in [0, 0.1) is 5.92 Å². The van der Waals surface area contributed by atoms with Gasteiger partial charge < -0.3 is 15.8 Å². The third kappa shape index (κ3) is 1.30. The van der Waals surface area contributed by atoms with E-state index in [0.29, 0.717) is 6.54 Å². The summed E-state index contributed by atoms with van der Waals surface area (Å²) in [5.74, 6) is -1.30. The van der Waals surface area contributed by atoms with Crippen molar-refractivity contribution in [3.8, 4) is 0 Å². The minimum Gasteiger partial charge on any atom is -0.467 e. The van der Waals surface area contributed by atoms with E-state index >= 15 is 0 Å². The van der Waals surface area contributed by atoms with E-state index in [1.54, 1.807) is 0 Å². The maximum absolute atomic E-state index is 13.8. The van der Waals surface area contributed by atoms with Crippen molar-refractivity contribution in [2.24, 2.45) is 11.7 Å². The van der Waals surface area contributed by atoms with Crippen LogP contribution in [0.3, 0.4) is 0 Å². The number of hydrogen-bond donors (Lipinski definition) is 2. The van der Waals surface area contributed by atoms with E-state index in [-0.39, 0.29) is 13.1 Å². The number of alkyl halides is 1. The molecule has 0 aromatic rings. The van der Waals surface area contributed by atoms with Gasteiger partial charge in [0.05, 0.1) is 7.11 Å². The lowest BCUT2D eigenvalue weighted by Gasteiger charge is -2.21. The van der Waals surface area contributed by atoms with Crippen LogP contribution in [0.15, 0.2) is 0 Å². The summed E-state index contributed by atoms with van der Waals surface area (Å²) < 4.78 is 18.1. The molecule has 5 heteroatoms. The summed E-state index contributed by atoms with van der Waals surface area (Å²) in [7, 11) is 1.18. The molecule has 1 saturated heterocycles. The second-order valence-corrected chi connectivity index (χ2v) is 2.92. The molecule has 12 heavy (non-hydrogen) atoms. The zero-order valence-electron chi connectivity index (χ0n) is 6.97. The highest BCUT2D eigenvalue weighted by Crippen LogP contribution is 2.26. The number of nitrogens with two attached hydrogens (primary N) is 1. The Balaban J connectivity index is 2.74. The summed E-state index contributed by atoms with van der Waals surface area (Å²) in [6.07, 6.45) is 0. The highest BCUT2D eigenvalue weighted by atomic mass is 19.1. The average Bonchev–Trinajstić information content (AvgIpc) is 2.46. The molecule has 0 radical (unpaired) electrons. The van der Waals surface area contributed by atoms with Crippen molar-refractivity contribution in [1.29, 1.82) is 0 Å². The van der Waals surface area contributed by atoms with Gasteiger partial charge in [-0.05, 0) is 0 Å². The molecule has 1 fully saturated rings. The van der Waals surface area contributed by atoms with Crippen LogP contribution in [0.25, 0.3) is 0 Å². The standard InChI is InChI=1S/C7H13FN2O2/c1-12-6(11)7(8)4-10-3-5(7)2-9/h5,10H,2-4,9H2,1H3. The molecule has 1 rings (SSSR count). The summed E-state index contributed by atoms with van der Waals surface area (Å²) in [6, 6.07) is 0. The number of carbonyl (C=O) groups is 1. The predicted molar refractivity (Wildman–Crippen MR) is 41.3 cm³/mol. The second kappa shape index (κ2) is 3.37. The van der Waals surface area contributed by atoms with Crippen molar-refractivity contribution in [1.82, 2.24) is 5.32 Å². The Labute approximate surface area is 70.3 Å². The lowest BCUT2D eigenvalue weighted by atomic mass is 9.93. The maximum atomic E-state index is 13.8. The molecular weight excluding hydrogens is 163 g/mol. The molecule has 0 amide bonds. The van der Waals surface area contributed by atoms with E-state index in [0.717, 1.165) is 0 Å².